The van der Waals surface area contributed by atoms with Gasteiger partial charge in [0.05, 0.1) is 31.5 Å². The Labute approximate surface area is 278 Å². The number of carbonyl (C=O) groups excluding carboxylic acids is 2. The van der Waals surface area contributed by atoms with Crippen LogP contribution in [0.4, 0.5) is 0 Å². The topological polar surface area (TPSA) is 99.5 Å². The lowest BCUT2D eigenvalue weighted by Crippen LogP contribution is -2.60. The van der Waals surface area contributed by atoms with Gasteiger partial charge in [-0.15, -0.1) is 0 Å². The third-order valence-corrected chi connectivity index (χ3v) is 15.7. The number of aliphatic hydroxyl groups is 2. The lowest BCUT2D eigenvalue weighted by atomic mass is 9.41. The van der Waals surface area contributed by atoms with E-state index >= 15 is 0 Å². The maximum absolute atomic E-state index is 12.7. The van der Waals surface area contributed by atoms with Crippen molar-refractivity contribution in [2.45, 2.75) is 138 Å². The number of amides is 2. The smallest absolute Gasteiger partial charge is 0.225 e. The van der Waals surface area contributed by atoms with Gasteiger partial charge in [0, 0.05) is 38.4 Å². The SMILES string of the molecule is CC(=O)N(C)CCC[C@@H](C)[C@@H]1[C@H](O)[C@H](O)[C@@]2(C)[C@@H]3CC[C@H]4C(C)(C)[C@@H](O[C@H]5CN(C(=O)C(C)C)CCO5)CC[C@@]45C[C@@]35CC[C@]12C. The van der Waals surface area contributed by atoms with Crippen molar-refractivity contribution in [3.05, 3.63) is 0 Å². The van der Waals surface area contributed by atoms with E-state index in [0.717, 1.165) is 51.5 Å². The molecular weight excluding hydrogens is 580 g/mol. The molecule has 1 aliphatic heterocycles. The van der Waals surface area contributed by atoms with E-state index in [0.29, 0.717) is 31.5 Å². The highest BCUT2D eigenvalue weighted by Gasteiger charge is 2.84. The Balaban J connectivity index is 1.18. The third kappa shape index (κ3) is 4.80. The van der Waals surface area contributed by atoms with Crippen LogP contribution in [0.5, 0.6) is 0 Å². The van der Waals surface area contributed by atoms with Crippen molar-refractivity contribution in [2.24, 2.45) is 56.7 Å². The normalized spacial score (nSPS) is 46.5. The van der Waals surface area contributed by atoms with E-state index in [1.54, 1.807) is 11.8 Å². The van der Waals surface area contributed by atoms with Crippen LogP contribution in [-0.2, 0) is 19.1 Å². The van der Waals surface area contributed by atoms with E-state index in [9.17, 15) is 19.8 Å². The maximum Gasteiger partial charge on any atom is 0.225 e. The van der Waals surface area contributed by atoms with Crippen LogP contribution in [0.3, 0.4) is 0 Å². The second-order valence-corrected chi connectivity index (χ2v) is 18.1. The van der Waals surface area contributed by atoms with E-state index in [1.165, 1.54) is 12.8 Å². The van der Waals surface area contributed by atoms with Crippen LogP contribution in [-0.4, -0.2) is 89.7 Å². The van der Waals surface area contributed by atoms with Gasteiger partial charge in [-0.05, 0) is 103 Å². The molecular formula is C38H64N2O6. The van der Waals surface area contributed by atoms with Crippen molar-refractivity contribution < 1.29 is 29.3 Å². The van der Waals surface area contributed by atoms with Crippen molar-refractivity contribution in [3.63, 3.8) is 0 Å². The van der Waals surface area contributed by atoms with Crippen LogP contribution in [0.25, 0.3) is 0 Å². The Hall–Kier alpha value is -1.22. The van der Waals surface area contributed by atoms with Crippen molar-refractivity contribution in [3.8, 4) is 0 Å². The van der Waals surface area contributed by atoms with Crippen LogP contribution in [0, 0.1) is 56.7 Å². The van der Waals surface area contributed by atoms with Gasteiger partial charge in [-0.1, -0.05) is 48.5 Å². The lowest BCUT2D eigenvalue weighted by molar-refractivity contribution is -0.248. The van der Waals surface area contributed by atoms with Gasteiger partial charge in [-0.3, -0.25) is 9.59 Å². The summed E-state index contributed by atoms with van der Waals surface area (Å²) in [5.74, 6) is 1.52. The van der Waals surface area contributed by atoms with Gasteiger partial charge in [0.25, 0.3) is 0 Å². The third-order valence-electron chi connectivity index (χ3n) is 15.7. The number of fused-ring (bicyclic) bond motifs is 2. The highest BCUT2D eigenvalue weighted by Crippen LogP contribution is 2.89. The number of hydrogen-bond acceptors (Lipinski definition) is 6. The summed E-state index contributed by atoms with van der Waals surface area (Å²) in [5, 5.41) is 23.8. The van der Waals surface area contributed by atoms with Crippen LogP contribution in [0.1, 0.15) is 113 Å². The molecule has 2 spiro atoms. The minimum atomic E-state index is -0.714. The van der Waals surface area contributed by atoms with E-state index in [2.05, 4.69) is 34.6 Å². The average Bonchev–Trinajstić information content (AvgIpc) is 3.64. The average molecular weight is 645 g/mol. The first-order valence-electron chi connectivity index (χ1n) is 18.6. The molecule has 0 aromatic rings. The molecule has 6 fully saturated rings. The van der Waals surface area contributed by atoms with Crippen molar-refractivity contribution in [2.75, 3.05) is 33.3 Å². The molecule has 1 heterocycles. The first-order chi connectivity index (χ1) is 21.5. The van der Waals surface area contributed by atoms with Crippen molar-refractivity contribution in [1.82, 2.24) is 9.80 Å². The molecule has 2 amide bonds. The van der Waals surface area contributed by atoms with Crippen LogP contribution < -0.4 is 0 Å². The molecule has 1 saturated heterocycles. The molecule has 5 saturated carbocycles. The molecule has 0 unspecified atom stereocenters. The molecule has 0 aromatic carbocycles. The van der Waals surface area contributed by atoms with Gasteiger partial charge in [-0.25, -0.2) is 0 Å². The Bertz CT molecular complexity index is 1190. The number of ether oxygens (including phenoxy) is 2. The largest absolute Gasteiger partial charge is 0.390 e. The molecule has 2 N–H and O–H groups in total. The van der Waals surface area contributed by atoms with E-state index < -0.39 is 12.2 Å². The monoisotopic (exact) mass is 644 g/mol. The van der Waals surface area contributed by atoms with Crippen molar-refractivity contribution in [1.29, 1.82) is 0 Å². The minimum Gasteiger partial charge on any atom is -0.390 e. The van der Waals surface area contributed by atoms with E-state index in [-0.39, 0.29) is 69.0 Å². The summed E-state index contributed by atoms with van der Waals surface area (Å²) in [6.07, 6.45) is 8.03. The molecule has 12 atom stereocenters. The number of morpholine rings is 1. The first-order valence-corrected chi connectivity index (χ1v) is 18.6. The van der Waals surface area contributed by atoms with Gasteiger partial charge in [0.15, 0.2) is 6.29 Å². The van der Waals surface area contributed by atoms with Crippen LogP contribution in [0.2, 0.25) is 0 Å². The zero-order valence-electron chi connectivity index (χ0n) is 30.3. The number of nitrogens with zero attached hydrogens (tertiary/aromatic N) is 2. The van der Waals surface area contributed by atoms with Gasteiger partial charge in [0.1, 0.15) is 0 Å². The Kier molecular flexibility index (Phi) is 8.80. The summed E-state index contributed by atoms with van der Waals surface area (Å²) < 4.78 is 12.9. The molecule has 6 rings (SSSR count). The molecule has 5 aliphatic carbocycles. The van der Waals surface area contributed by atoms with Crippen molar-refractivity contribution >= 4 is 11.8 Å². The lowest BCUT2D eigenvalue weighted by Gasteiger charge is -2.63. The number of rotatable bonds is 8. The van der Waals surface area contributed by atoms with Gasteiger partial charge >= 0.3 is 0 Å². The maximum atomic E-state index is 12.7. The molecule has 8 nitrogen and oxygen atoms in total. The molecule has 0 aromatic heterocycles. The quantitative estimate of drug-likeness (QED) is 0.363. The fourth-order valence-electron chi connectivity index (χ4n) is 13.1. The highest BCUT2D eigenvalue weighted by atomic mass is 16.7. The highest BCUT2D eigenvalue weighted by molar-refractivity contribution is 5.78. The predicted octanol–water partition coefficient (Wildman–Crippen LogP) is 5.49. The Morgan fingerprint density at radius 1 is 1.00 bits per heavy atom. The van der Waals surface area contributed by atoms with Gasteiger partial charge < -0.3 is 29.5 Å². The molecule has 8 heteroatoms. The summed E-state index contributed by atoms with van der Waals surface area (Å²) in [7, 11) is 1.86. The van der Waals surface area contributed by atoms with Gasteiger partial charge in [-0.2, -0.15) is 0 Å². The van der Waals surface area contributed by atoms with Gasteiger partial charge in [0.2, 0.25) is 11.8 Å². The zero-order chi connectivity index (χ0) is 33.6. The second-order valence-electron chi connectivity index (χ2n) is 18.1. The Morgan fingerprint density at radius 2 is 1.67 bits per heavy atom. The summed E-state index contributed by atoms with van der Waals surface area (Å²) >= 11 is 0. The molecule has 0 radical (unpaired) electrons. The molecule has 0 bridgehead atoms. The summed E-state index contributed by atoms with van der Waals surface area (Å²) in [5.41, 5.74) is 0.0470. The van der Waals surface area contributed by atoms with E-state index in [4.69, 9.17) is 9.47 Å². The standard InChI is InChI=1S/C38H64N2O6/c1-23(2)33(44)40-19-20-45-29(21-40)46-28-14-15-37-22-38(37)17-16-35(7)30(24(3)11-10-18-39(9)25(4)41)31(42)32(43)36(35,8)27(38)13-12-26(37)34(28,5)6/h23-24,26-32,42-43H,10-22H2,1-9H3/t24-,26+,27+,28+,29+,30-,31+,32+,35-,36-,37-,38+/m1/s1. The second kappa shape index (κ2) is 11.7. The Morgan fingerprint density at radius 3 is 2.35 bits per heavy atom. The first kappa shape index (κ1) is 34.6. The molecule has 6 aliphatic rings. The predicted molar refractivity (Wildman–Crippen MR) is 177 cm³/mol. The molecule has 46 heavy (non-hydrogen) atoms. The molecule has 262 valence electrons. The fraction of sp³-hybridized carbons (Fsp3) is 0.947. The minimum absolute atomic E-state index is 0.0139. The number of hydrogen-bond donors (Lipinski definition) is 2. The summed E-state index contributed by atoms with van der Waals surface area (Å²) in [6.45, 7) is 19.8. The number of aliphatic hydroxyl groups excluding tert-OH is 2. The van der Waals surface area contributed by atoms with Crippen LogP contribution >= 0.6 is 0 Å². The zero-order valence-corrected chi connectivity index (χ0v) is 30.3. The summed E-state index contributed by atoms with van der Waals surface area (Å²) in [4.78, 5) is 28.2. The van der Waals surface area contributed by atoms with Crippen LogP contribution in [0.15, 0.2) is 0 Å². The fourth-order valence-corrected chi connectivity index (χ4v) is 13.1. The number of carbonyl (C=O) groups is 2. The van der Waals surface area contributed by atoms with E-state index in [1.807, 2.05) is 25.8 Å². The summed E-state index contributed by atoms with van der Waals surface area (Å²) in [6, 6.07) is 0.